The van der Waals surface area contributed by atoms with Crippen LogP contribution in [-0.4, -0.2) is 41.6 Å². The second-order valence-electron chi connectivity index (χ2n) is 9.48. The molecule has 8 heteroatoms. The lowest BCUT2D eigenvalue weighted by Gasteiger charge is -2.29. The number of hydrogen-bond donors (Lipinski definition) is 1. The molecule has 190 valence electrons. The van der Waals surface area contributed by atoms with Crippen molar-refractivity contribution in [3.8, 4) is 11.5 Å². The van der Waals surface area contributed by atoms with Gasteiger partial charge < -0.3 is 24.6 Å². The maximum absolute atomic E-state index is 13.7. The van der Waals surface area contributed by atoms with Crippen molar-refractivity contribution in [2.75, 3.05) is 25.2 Å². The van der Waals surface area contributed by atoms with Crippen molar-refractivity contribution in [1.29, 1.82) is 0 Å². The number of ether oxygens (including phenoxy) is 2. The number of thiophene rings is 1. The predicted octanol–water partition coefficient (Wildman–Crippen LogP) is 5.81. The Hall–Kier alpha value is -3.52. The fraction of sp³-hybridized carbons (Fsp3) is 0.357. The van der Waals surface area contributed by atoms with Crippen LogP contribution in [0.1, 0.15) is 35.4 Å². The summed E-state index contributed by atoms with van der Waals surface area (Å²) in [7, 11) is 0. The Morgan fingerprint density at radius 2 is 1.75 bits per heavy atom. The van der Waals surface area contributed by atoms with Crippen molar-refractivity contribution in [2.24, 2.45) is 5.92 Å². The van der Waals surface area contributed by atoms with Gasteiger partial charge in [0.25, 0.3) is 0 Å². The number of benzene rings is 2. The Balaban J connectivity index is 1.53. The standard InChI is InChI=1S/C28H33N3O4S/c1-19(2)14-31(28(33)29-23-8-6-5-7-20(23)3)17-27(32)30(16-26-21(4)11-12-36-26)15-22-9-10-24-25(13-22)35-18-34-24/h5-13,19H,14-18H2,1-4H3,(H,29,33). The molecule has 0 bridgehead atoms. The second-order valence-corrected chi connectivity index (χ2v) is 10.5. The molecule has 4 rings (SSSR count). The molecule has 0 saturated carbocycles. The average Bonchev–Trinajstić information content (AvgIpc) is 3.47. The Bertz CT molecular complexity index is 1220. The molecule has 0 fully saturated rings. The number of carbonyl (C=O) groups excluding carboxylic acids is 2. The van der Waals surface area contributed by atoms with Gasteiger partial charge in [-0.3, -0.25) is 4.79 Å². The average molecular weight is 508 g/mol. The minimum Gasteiger partial charge on any atom is -0.454 e. The van der Waals surface area contributed by atoms with Crippen LogP contribution in [0.25, 0.3) is 0 Å². The Labute approximate surface area is 216 Å². The van der Waals surface area contributed by atoms with E-state index in [0.29, 0.717) is 31.1 Å². The molecule has 0 saturated heterocycles. The number of hydrogen-bond acceptors (Lipinski definition) is 5. The lowest BCUT2D eigenvalue weighted by Crippen LogP contribution is -2.45. The van der Waals surface area contributed by atoms with Crippen LogP contribution < -0.4 is 14.8 Å². The second kappa shape index (κ2) is 11.5. The van der Waals surface area contributed by atoms with E-state index in [4.69, 9.17) is 9.47 Å². The van der Waals surface area contributed by atoms with Gasteiger partial charge in [-0.15, -0.1) is 11.3 Å². The molecule has 2 heterocycles. The van der Waals surface area contributed by atoms with Gasteiger partial charge in [-0.05, 0) is 66.1 Å². The first-order valence-corrected chi connectivity index (χ1v) is 13.0. The molecule has 0 aliphatic carbocycles. The summed E-state index contributed by atoms with van der Waals surface area (Å²) < 4.78 is 11.0. The van der Waals surface area contributed by atoms with Crippen molar-refractivity contribution >= 4 is 29.0 Å². The zero-order chi connectivity index (χ0) is 25.7. The van der Waals surface area contributed by atoms with E-state index in [0.717, 1.165) is 27.3 Å². The predicted molar refractivity (Wildman–Crippen MR) is 142 cm³/mol. The molecule has 0 atom stereocenters. The topological polar surface area (TPSA) is 71.1 Å². The Kier molecular flexibility index (Phi) is 8.15. The van der Waals surface area contributed by atoms with Crippen molar-refractivity contribution in [3.63, 3.8) is 0 Å². The van der Waals surface area contributed by atoms with Gasteiger partial charge in [0.1, 0.15) is 6.54 Å². The zero-order valence-corrected chi connectivity index (χ0v) is 22.1. The minimum absolute atomic E-state index is 0.00906. The van der Waals surface area contributed by atoms with E-state index in [1.54, 1.807) is 16.2 Å². The summed E-state index contributed by atoms with van der Waals surface area (Å²) in [6, 6.07) is 15.2. The molecular weight excluding hydrogens is 474 g/mol. The smallest absolute Gasteiger partial charge is 0.322 e. The number of nitrogens with zero attached hydrogens (tertiary/aromatic N) is 2. The van der Waals surface area contributed by atoms with Crippen LogP contribution in [0.2, 0.25) is 0 Å². The fourth-order valence-corrected chi connectivity index (χ4v) is 4.98. The molecular formula is C28H33N3O4S. The van der Waals surface area contributed by atoms with E-state index < -0.39 is 0 Å². The van der Waals surface area contributed by atoms with Gasteiger partial charge in [0.05, 0.1) is 6.54 Å². The summed E-state index contributed by atoms with van der Waals surface area (Å²) in [5.74, 6) is 1.50. The van der Waals surface area contributed by atoms with Crippen LogP contribution in [0.3, 0.4) is 0 Å². The van der Waals surface area contributed by atoms with E-state index in [-0.39, 0.29) is 31.2 Å². The van der Waals surface area contributed by atoms with Gasteiger partial charge in [-0.2, -0.15) is 0 Å². The number of rotatable bonds is 9. The first-order chi connectivity index (χ1) is 17.3. The number of carbonyl (C=O) groups is 2. The third-order valence-corrected chi connectivity index (χ3v) is 7.06. The van der Waals surface area contributed by atoms with Crippen LogP contribution in [0.4, 0.5) is 10.5 Å². The Morgan fingerprint density at radius 3 is 2.47 bits per heavy atom. The van der Waals surface area contributed by atoms with Crippen molar-refractivity contribution in [1.82, 2.24) is 9.80 Å². The molecule has 1 N–H and O–H groups in total. The number of urea groups is 1. The quantitative estimate of drug-likeness (QED) is 0.397. The first-order valence-electron chi connectivity index (χ1n) is 12.1. The molecule has 2 aromatic carbocycles. The van der Waals surface area contributed by atoms with Crippen molar-refractivity contribution in [3.05, 3.63) is 75.5 Å². The summed E-state index contributed by atoms with van der Waals surface area (Å²) in [6.45, 7) is 9.63. The number of fused-ring (bicyclic) bond motifs is 1. The highest BCUT2D eigenvalue weighted by Crippen LogP contribution is 2.33. The van der Waals surface area contributed by atoms with E-state index >= 15 is 0 Å². The van der Waals surface area contributed by atoms with E-state index in [2.05, 4.69) is 18.3 Å². The largest absolute Gasteiger partial charge is 0.454 e. The number of amides is 3. The molecule has 1 aliphatic heterocycles. The third-order valence-electron chi connectivity index (χ3n) is 6.05. The number of para-hydroxylation sites is 1. The van der Waals surface area contributed by atoms with Gasteiger partial charge in [-0.1, -0.05) is 38.1 Å². The van der Waals surface area contributed by atoms with Gasteiger partial charge in [0, 0.05) is 23.7 Å². The molecule has 7 nitrogen and oxygen atoms in total. The van der Waals surface area contributed by atoms with Crippen LogP contribution >= 0.6 is 11.3 Å². The number of anilines is 1. The van der Waals surface area contributed by atoms with E-state index in [9.17, 15) is 9.59 Å². The van der Waals surface area contributed by atoms with Gasteiger partial charge in [0.2, 0.25) is 12.7 Å². The lowest BCUT2D eigenvalue weighted by atomic mass is 10.1. The fourth-order valence-electron chi connectivity index (χ4n) is 4.06. The molecule has 1 aliphatic rings. The van der Waals surface area contributed by atoms with Crippen LogP contribution in [-0.2, 0) is 17.9 Å². The lowest BCUT2D eigenvalue weighted by molar-refractivity contribution is -0.133. The molecule has 36 heavy (non-hydrogen) atoms. The molecule has 3 amide bonds. The highest BCUT2D eigenvalue weighted by molar-refractivity contribution is 7.10. The highest BCUT2D eigenvalue weighted by Gasteiger charge is 2.24. The maximum atomic E-state index is 13.7. The zero-order valence-electron chi connectivity index (χ0n) is 21.2. The summed E-state index contributed by atoms with van der Waals surface area (Å²) in [5.41, 5.74) is 3.82. The van der Waals surface area contributed by atoms with Crippen LogP contribution in [0.15, 0.2) is 53.9 Å². The van der Waals surface area contributed by atoms with Gasteiger partial charge in [-0.25, -0.2) is 4.79 Å². The van der Waals surface area contributed by atoms with Gasteiger partial charge >= 0.3 is 6.03 Å². The van der Waals surface area contributed by atoms with Crippen LogP contribution in [0, 0.1) is 19.8 Å². The normalized spacial score (nSPS) is 12.0. The minimum atomic E-state index is -0.276. The van der Waals surface area contributed by atoms with E-state index in [1.807, 2.05) is 73.5 Å². The molecule has 1 aromatic heterocycles. The van der Waals surface area contributed by atoms with Crippen molar-refractivity contribution < 1.29 is 19.1 Å². The summed E-state index contributed by atoms with van der Waals surface area (Å²) >= 11 is 1.63. The monoisotopic (exact) mass is 507 g/mol. The molecule has 0 unspecified atom stereocenters. The van der Waals surface area contributed by atoms with E-state index in [1.165, 1.54) is 0 Å². The van der Waals surface area contributed by atoms with Crippen LogP contribution in [0.5, 0.6) is 11.5 Å². The molecule has 0 radical (unpaired) electrons. The first kappa shape index (κ1) is 25.6. The van der Waals surface area contributed by atoms with Gasteiger partial charge in [0.15, 0.2) is 11.5 Å². The maximum Gasteiger partial charge on any atom is 0.322 e. The third kappa shape index (κ3) is 6.37. The summed E-state index contributed by atoms with van der Waals surface area (Å²) in [6.07, 6.45) is 0. The summed E-state index contributed by atoms with van der Waals surface area (Å²) in [5, 5.41) is 5.02. The summed E-state index contributed by atoms with van der Waals surface area (Å²) in [4.78, 5) is 31.5. The number of aryl methyl sites for hydroxylation is 2. The highest BCUT2D eigenvalue weighted by atomic mass is 32.1. The molecule has 0 spiro atoms. The number of nitrogens with one attached hydrogen (secondary N) is 1. The van der Waals surface area contributed by atoms with Crippen molar-refractivity contribution in [2.45, 2.75) is 40.8 Å². The Morgan fingerprint density at radius 1 is 0.972 bits per heavy atom. The molecule has 3 aromatic rings. The SMILES string of the molecule is Cc1ccccc1NC(=O)N(CC(=O)N(Cc1ccc2c(c1)OCO2)Cc1sccc1C)CC(C)C.